The Morgan fingerprint density at radius 2 is 1.93 bits per heavy atom. The highest BCUT2D eigenvalue weighted by molar-refractivity contribution is 6.10. The lowest BCUT2D eigenvalue weighted by atomic mass is 9.87. The standard InChI is InChI=1S/C21H15FN4O3/c22-14-7-6-13-10-26(18(27)15(13)9-14)11-21(19(28)24-20(29)25-21)16-5-1-3-12-4-2-8-23-17(12)16/h1-9H,10-11H2,(H2,24,25,28,29)/t21-/m0/s1. The second-order valence-corrected chi connectivity index (χ2v) is 7.16. The zero-order chi connectivity index (χ0) is 20.2. The van der Waals surface area contributed by atoms with E-state index in [0.29, 0.717) is 16.6 Å². The van der Waals surface area contributed by atoms with Crippen LogP contribution in [0.5, 0.6) is 0 Å². The molecule has 1 aromatic heterocycles. The fourth-order valence-corrected chi connectivity index (χ4v) is 4.07. The van der Waals surface area contributed by atoms with E-state index in [-0.39, 0.29) is 24.6 Å². The summed E-state index contributed by atoms with van der Waals surface area (Å²) in [6, 6.07) is 12.4. The van der Waals surface area contributed by atoms with Crippen molar-refractivity contribution in [1.82, 2.24) is 20.5 Å². The summed E-state index contributed by atoms with van der Waals surface area (Å²) in [5.74, 6) is -1.45. The van der Waals surface area contributed by atoms with E-state index in [1.807, 2.05) is 12.1 Å². The Morgan fingerprint density at radius 3 is 2.72 bits per heavy atom. The number of fused-ring (bicyclic) bond motifs is 2. The Labute approximate surface area is 164 Å². The maximum atomic E-state index is 13.6. The van der Waals surface area contributed by atoms with Gasteiger partial charge in [-0.05, 0) is 23.8 Å². The molecule has 2 aromatic carbocycles. The monoisotopic (exact) mass is 390 g/mol. The number of hydrogen-bond acceptors (Lipinski definition) is 4. The summed E-state index contributed by atoms with van der Waals surface area (Å²) in [6.45, 7) is 0.118. The van der Waals surface area contributed by atoms with Crippen LogP contribution in [-0.2, 0) is 16.9 Å². The van der Waals surface area contributed by atoms with Crippen molar-refractivity contribution in [2.24, 2.45) is 0 Å². The van der Waals surface area contributed by atoms with Gasteiger partial charge in [0.15, 0.2) is 5.54 Å². The molecule has 1 saturated heterocycles. The van der Waals surface area contributed by atoms with Gasteiger partial charge in [-0.1, -0.05) is 30.3 Å². The van der Waals surface area contributed by atoms with Crippen molar-refractivity contribution in [3.05, 3.63) is 77.2 Å². The van der Waals surface area contributed by atoms with Crippen molar-refractivity contribution in [3.8, 4) is 0 Å². The number of amides is 4. The Balaban J connectivity index is 1.62. The highest BCUT2D eigenvalue weighted by Crippen LogP contribution is 2.34. The van der Waals surface area contributed by atoms with E-state index >= 15 is 0 Å². The molecule has 0 radical (unpaired) electrons. The molecule has 1 fully saturated rings. The molecular weight excluding hydrogens is 375 g/mol. The zero-order valence-electron chi connectivity index (χ0n) is 15.1. The lowest BCUT2D eigenvalue weighted by molar-refractivity contribution is -0.124. The molecule has 2 aliphatic heterocycles. The Hall–Kier alpha value is -3.81. The van der Waals surface area contributed by atoms with Crippen molar-refractivity contribution in [2.75, 3.05) is 6.54 Å². The Kier molecular flexibility index (Phi) is 3.64. The van der Waals surface area contributed by atoms with E-state index in [2.05, 4.69) is 15.6 Å². The van der Waals surface area contributed by atoms with Crippen molar-refractivity contribution in [3.63, 3.8) is 0 Å². The summed E-state index contributed by atoms with van der Waals surface area (Å²) < 4.78 is 13.6. The van der Waals surface area contributed by atoms with Crippen LogP contribution in [0.2, 0.25) is 0 Å². The second kappa shape index (κ2) is 6.10. The lowest BCUT2D eigenvalue weighted by Crippen LogP contribution is -2.52. The van der Waals surface area contributed by atoms with Gasteiger partial charge in [-0.15, -0.1) is 0 Å². The van der Waals surface area contributed by atoms with Crippen LogP contribution in [0, 0.1) is 5.82 Å². The van der Waals surface area contributed by atoms with E-state index < -0.39 is 23.3 Å². The molecule has 1 atom stereocenters. The number of para-hydroxylation sites is 1. The summed E-state index contributed by atoms with van der Waals surface area (Å²) in [5, 5.41) is 5.78. The smallest absolute Gasteiger partial charge is 0.322 e. The average Bonchev–Trinajstić information content (AvgIpc) is 3.17. The quantitative estimate of drug-likeness (QED) is 0.670. The van der Waals surface area contributed by atoms with Gasteiger partial charge in [0.25, 0.3) is 11.8 Å². The van der Waals surface area contributed by atoms with Gasteiger partial charge in [0.05, 0.1) is 12.1 Å². The van der Waals surface area contributed by atoms with E-state index in [0.717, 1.165) is 5.39 Å². The number of halogens is 1. The maximum absolute atomic E-state index is 13.6. The van der Waals surface area contributed by atoms with Crippen LogP contribution in [0.3, 0.4) is 0 Å². The summed E-state index contributed by atoms with van der Waals surface area (Å²) in [4.78, 5) is 43.7. The molecular formula is C21H15FN4O3. The molecule has 2 N–H and O–H groups in total. The third-order valence-corrected chi connectivity index (χ3v) is 5.41. The number of pyridine rings is 1. The molecule has 0 saturated carbocycles. The maximum Gasteiger partial charge on any atom is 0.322 e. The van der Waals surface area contributed by atoms with Gasteiger partial charge in [-0.2, -0.15) is 0 Å². The van der Waals surface area contributed by atoms with Crippen molar-refractivity contribution in [1.29, 1.82) is 0 Å². The molecule has 3 aromatic rings. The minimum Gasteiger partial charge on any atom is -0.331 e. The molecule has 5 rings (SSSR count). The number of rotatable bonds is 3. The van der Waals surface area contributed by atoms with Crippen LogP contribution < -0.4 is 10.6 Å². The number of hydrogen-bond donors (Lipinski definition) is 2. The van der Waals surface area contributed by atoms with Crippen LogP contribution in [0.4, 0.5) is 9.18 Å². The van der Waals surface area contributed by atoms with Crippen LogP contribution in [0.15, 0.2) is 54.7 Å². The molecule has 0 spiro atoms. The summed E-state index contributed by atoms with van der Waals surface area (Å²) in [7, 11) is 0. The molecule has 2 aliphatic rings. The first-order chi connectivity index (χ1) is 14.0. The van der Waals surface area contributed by atoms with Crippen molar-refractivity contribution >= 4 is 28.7 Å². The number of urea groups is 1. The first-order valence-corrected chi connectivity index (χ1v) is 9.03. The molecule has 7 nitrogen and oxygen atoms in total. The summed E-state index contributed by atoms with van der Waals surface area (Å²) in [6.07, 6.45) is 1.61. The second-order valence-electron chi connectivity index (χ2n) is 7.16. The molecule has 0 aliphatic carbocycles. The number of carbonyl (C=O) groups excluding carboxylic acids is 3. The largest absolute Gasteiger partial charge is 0.331 e. The zero-order valence-corrected chi connectivity index (χ0v) is 15.1. The van der Waals surface area contributed by atoms with E-state index in [1.54, 1.807) is 30.5 Å². The minimum atomic E-state index is -1.50. The van der Waals surface area contributed by atoms with E-state index in [4.69, 9.17) is 0 Å². The average molecular weight is 390 g/mol. The van der Waals surface area contributed by atoms with Crippen LogP contribution in [0.25, 0.3) is 10.9 Å². The van der Waals surface area contributed by atoms with Gasteiger partial charge in [0.1, 0.15) is 5.82 Å². The van der Waals surface area contributed by atoms with Crippen LogP contribution in [-0.4, -0.2) is 34.3 Å². The van der Waals surface area contributed by atoms with E-state index in [1.165, 1.54) is 17.0 Å². The third-order valence-electron chi connectivity index (χ3n) is 5.41. The molecule has 4 amide bonds. The topological polar surface area (TPSA) is 91.4 Å². The van der Waals surface area contributed by atoms with Crippen molar-refractivity contribution < 1.29 is 18.8 Å². The predicted octanol–water partition coefficient (Wildman–Crippen LogP) is 2.06. The number of nitrogens with one attached hydrogen (secondary N) is 2. The number of nitrogens with zero attached hydrogens (tertiary/aromatic N) is 2. The van der Waals surface area contributed by atoms with Gasteiger partial charge >= 0.3 is 6.03 Å². The predicted molar refractivity (Wildman–Crippen MR) is 101 cm³/mol. The SMILES string of the molecule is O=C1NC(=O)[C@](CN2Cc3ccc(F)cc3C2=O)(c2cccc3cccnc23)N1. The van der Waals surface area contributed by atoms with Crippen molar-refractivity contribution in [2.45, 2.75) is 12.1 Å². The highest BCUT2D eigenvalue weighted by Gasteiger charge is 2.51. The number of carbonyl (C=O) groups is 3. The highest BCUT2D eigenvalue weighted by atomic mass is 19.1. The molecule has 8 heteroatoms. The summed E-state index contributed by atoms with van der Waals surface area (Å²) >= 11 is 0. The first kappa shape index (κ1) is 17.3. The number of imide groups is 1. The van der Waals surface area contributed by atoms with Crippen LogP contribution >= 0.6 is 0 Å². The molecule has 144 valence electrons. The van der Waals surface area contributed by atoms with Gasteiger partial charge < -0.3 is 10.2 Å². The van der Waals surface area contributed by atoms with Gasteiger partial charge in [-0.25, -0.2) is 9.18 Å². The number of benzene rings is 2. The van der Waals surface area contributed by atoms with E-state index in [9.17, 15) is 18.8 Å². The fraction of sp³-hybridized carbons (Fsp3) is 0.143. The molecule has 3 heterocycles. The normalized spacial score (nSPS) is 20.7. The lowest BCUT2D eigenvalue weighted by Gasteiger charge is -2.31. The Morgan fingerprint density at radius 1 is 1.10 bits per heavy atom. The van der Waals surface area contributed by atoms with Crippen LogP contribution in [0.1, 0.15) is 21.5 Å². The van der Waals surface area contributed by atoms with Gasteiger partial charge in [0.2, 0.25) is 0 Å². The summed E-state index contributed by atoms with van der Waals surface area (Å²) in [5.41, 5.74) is 0.492. The Bertz CT molecular complexity index is 1210. The third kappa shape index (κ3) is 2.56. The molecule has 0 bridgehead atoms. The fourth-order valence-electron chi connectivity index (χ4n) is 4.07. The first-order valence-electron chi connectivity index (χ1n) is 9.03. The minimum absolute atomic E-state index is 0.102. The van der Waals surface area contributed by atoms with Gasteiger partial charge in [0, 0.05) is 29.3 Å². The molecule has 29 heavy (non-hydrogen) atoms. The van der Waals surface area contributed by atoms with Gasteiger partial charge in [-0.3, -0.25) is 19.9 Å². The molecule has 0 unspecified atom stereocenters. The number of aromatic nitrogens is 1.